The number of nitrogens with zero attached hydrogens (tertiary/aromatic N) is 3. The Morgan fingerprint density at radius 3 is 2.80 bits per heavy atom. The summed E-state index contributed by atoms with van der Waals surface area (Å²) >= 11 is 9.94. The lowest BCUT2D eigenvalue weighted by atomic mass is 10.1. The predicted molar refractivity (Wildman–Crippen MR) is 103 cm³/mol. The molecular weight excluding hydrogens is 402 g/mol. The molecule has 0 bridgehead atoms. The van der Waals surface area contributed by atoms with Crippen LogP contribution in [0.4, 0.5) is 5.82 Å². The Hall–Kier alpha value is -2.31. The summed E-state index contributed by atoms with van der Waals surface area (Å²) in [7, 11) is 0. The van der Waals surface area contributed by atoms with Crippen molar-refractivity contribution in [2.75, 3.05) is 5.32 Å². The first-order valence-electron chi connectivity index (χ1n) is 7.82. The van der Waals surface area contributed by atoms with Gasteiger partial charge in [0.05, 0.1) is 16.7 Å². The van der Waals surface area contributed by atoms with Gasteiger partial charge in [0.25, 0.3) is 0 Å². The van der Waals surface area contributed by atoms with Crippen molar-refractivity contribution >= 4 is 39.2 Å². The van der Waals surface area contributed by atoms with Gasteiger partial charge < -0.3 is 10.6 Å². The lowest BCUT2D eigenvalue weighted by molar-refractivity contribution is 0.738. The maximum absolute atomic E-state index is 6.39. The van der Waals surface area contributed by atoms with Crippen LogP contribution in [0.1, 0.15) is 17.2 Å². The van der Waals surface area contributed by atoms with Crippen LogP contribution in [0.3, 0.4) is 0 Å². The second kappa shape index (κ2) is 6.90. The first-order valence-corrected chi connectivity index (χ1v) is 8.99. The standard InChI is InChI=1S/C18H15BrClN5/c19-14-11-23-25-17(22-10-12-5-7-21-8-6-12)9-16(24-18(14)25)13-3-1-2-4-15(13)20/h1-9,11,16,22,24H,10H2. The van der Waals surface area contributed by atoms with E-state index in [9.17, 15) is 0 Å². The molecule has 25 heavy (non-hydrogen) atoms. The minimum Gasteiger partial charge on any atom is -0.366 e. The van der Waals surface area contributed by atoms with Gasteiger partial charge in [0.2, 0.25) is 0 Å². The van der Waals surface area contributed by atoms with Crippen LogP contribution in [0.15, 0.2) is 65.5 Å². The molecule has 0 spiro atoms. The molecule has 0 radical (unpaired) electrons. The number of halogens is 2. The van der Waals surface area contributed by atoms with Crippen LogP contribution in [-0.4, -0.2) is 14.8 Å². The smallest absolute Gasteiger partial charge is 0.146 e. The Bertz CT molecular complexity index is 922. The zero-order chi connectivity index (χ0) is 17.2. The molecule has 0 amide bonds. The van der Waals surface area contributed by atoms with E-state index < -0.39 is 0 Å². The molecule has 0 saturated carbocycles. The molecule has 1 aliphatic rings. The molecule has 1 aromatic carbocycles. The van der Waals surface area contributed by atoms with E-state index in [0.717, 1.165) is 32.3 Å². The average Bonchev–Trinajstić information content (AvgIpc) is 3.02. The topological polar surface area (TPSA) is 54.8 Å². The van der Waals surface area contributed by atoms with Gasteiger partial charge in [-0.2, -0.15) is 5.10 Å². The summed E-state index contributed by atoms with van der Waals surface area (Å²) < 4.78 is 2.75. The van der Waals surface area contributed by atoms with Gasteiger partial charge in [-0.1, -0.05) is 29.8 Å². The van der Waals surface area contributed by atoms with Gasteiger partial charge in [0, 0.05) is 24.0 Å². The Labute approximate surface area is 158 Å². The molecule has 5 nitrogen and oxygen atoms in total. The molecule has 2 N–H and O–H groups in total. The third-order valence-electron chi connectivity index (χ3n) is 4.03. The molecule has 1 unspecified atom stereocenters. The molecule has 3 aromatic rings. The number of nitrogens with one attached hydrogen (secondary N) is 2. The van der Waals surface area contributed by atoms with Crippen molar-refractivity contribution in [2.45, 2.75) is 12.6 Å². The summed E-state index contributed by atoms with van der Waals surface area (Å²) in [5.41, 5.74) is 2.17. The molecule has 0 aliphatic carbocycles. The highest BCUT2D eigenvalue weighted by atomic mass is 79.9. The van der Waals surface area contributed by atoms with Gasteiger partial charge in [0.1, 0.15) is 11.6 Å². The van der Waals surface area contributed by atoms with Crippen molar-refractivity contribution < 1.29 is 0 Å². The fraction of sp³-hybridized carbons (Fsp3) is 0.111. The number of aromatic nitrogens is 3. The first kappa shape index (κ1) is 16.2. The van der Waals surface area contributed by atoms with E-state index in [2.05, 4.69) is 42.7 Å². The first-order chi connectivity index (χ1) is 12.2. The minimum absolute atomic E-state index is 0.0471. The molecule has 0 saturated heterocycles. The third kappa shape index (κ3) is 3.27. The fourth-order valence-corrected chi connectivity index (χ4v) is 3.41. The van der Waals surface area contributed by atoms with Crippen LogP contribution < -0.4 is 10.6 Å². The highest BCUT2D eigenvalue weighted by Crippen LogP contribution is 2.35. The summed E-state index contributed by atoms with van der Waals surface area (Å²) in [6.45, 7) is 0.681. The van der Waals surface area contributed by atoms with Crippen molar-refractivity contribution in [3.63, 3.8) is 0 Å². The molecular formula is C18H15BrClN5. The Morgan fingerprint density at radius 2 is 2.00 bits per heavy atom. The number of hydrogen-bond donors (Lipinski definition) is 2. The van der Waals surface area contributed by atoms with Gasteiger partial charge in [-0.25, -0.2) is 4.68 Å². The molecule has 3 heterocycles. The summed E-state index contributed by atoms with van der Waals surface area (Å²) in [4.78, 5) is 4.05. The molecule has 0 fully saturated rings. The van der Waals surface area contributed by atoms with Crippen LogP contribution in [-0.2, 0) is 6.54 Å². The number of anilines is 1. The van der Waals surface area contributed by atoms with E-state index >= 15 is 0 Å². The van der Waals surface area contributed by atoms with Crippen LogP contribution in [0.5, 0.6) is 0 Å². The van der Waals surface area contributed by atoms with E-state index in [0.29, 0.717) is 6.54 Å². The zero-order valence-corrected chi connectivity index (χ0v) is 15.5. The molecule has 4 rings (SSSR count). The van der Waals surface area contributed by atoms with Crippen LogP contribution in [0, 0.1) is 0 Å². The lowest BCUT2D eigenvalue weighted by Gasteiger charge is -2.26. The van der Waals surface area contributed by atoms with Crippen molar-refractivity contribution in [2.24, 2.45) is 0 Å². The molecule has 126 valence electrons. The summed E-state index contributed by atoms with van der Waals surface area (Å²) in [6, 6.07) is 11.8. The van der Waals surface area contributed by atoms with E-state index in [1.807, 2.05) is 41.1 Å². The molecule has 1 aliphatic heterocycles. The van der Waals surface area contributed by atoms with Crippen molar-refractivity contribution in [3.8, 4) is 0 Å². The Morgan fingerprint density at radius 1 is 1.20 bits per heavy atom. The number of rotatable bonds is 4. The molecule has 1 atom stereocenters. The van der Waals surface area contributed by atoms with E-state index in [1.165, 1.54) is 0 Å². The molecule has 7 heteroatoms. The third-order valence-corrected chi connectivity index (χ3v) is 4.96. The Balaban J connectivity index is 1.67. The van der Waals surface area contributed by atoms with E-state index in [-0.39, 0.29) is 6.04 Å². The lowest BCUT2D eigenvalue weighted by Crippen LogP contribution is -2.26. The van der Waals surface area contributed by atoms with Gasteiger partial charge in [-0.15, -0.1) is 0 Å². The minimum atomic E-state index is -0.0471. The number of pyridine rings is 1. The van der Waals surface area contributed by atoms with Gasteiger partial charge in [-0.05, 0) is 51.3 Å². The predicted octanol–water partition coefficient (Wildman–Crippen LogP) is 4.45. The summed E-state index contributed by atoms with van der Waals surface area (Å²) in [5.74, 6) is 1.80. The van der Waals surface area contributed by atoms with Crippen molar-refractivity contribution in [1.29, 1.82) is 0 Å². The van der Waals surface area contributed by atoms with E-state index in [1.54, 1.807) is 18.6 Å². The van der Waals surface area contributed by atoms with Crippen LogP contribution in [0.2, 0.25) is 5.02 Å². The quantitative estimate of drug-likeness (QED) is 0.660. The second-order valence-electron chi connectivity index (χ2n) is 5.66. The fourth-order valence-electron chi connectivity index (χ4n) is 2.78. The summed E-state index contributed by atoms with van der Waals surface area (Å²) in [6.07, 6.45) is 7.45. The van der Waals surface area contributed by atoms with Crippen molar-refractivity contribution in [1.82, 2.24) is 20.1 Å². The second-order valence-corrected chi connectivity index (χ2v) is 6.92. The SMILES string of the molecule is Clc1ccccc1C1C=C(NCc2ccncc2)n2ncc(Br)c2N1. The van der Waals surface area contributed by atoms with Gasteiger partial charge >= 0.3 is 0 Å². The number of hydrogen-bond acceptors (Lipinski definition) is 4. The van der Waals surface area contributed by atoms with Gasteiger partial charge in [0.15, 0.2) is 0 Å². The van der Waals surface area contributed by atoms with Crippen LogP contribution in [0.25, 0.3) is 5.82 Å². The maximum atomic E-state index is 6.39. The monoisotopic (exact) mass is 415 g/mol. The average molecular weight is 417 g/mol. The zero-order valence-electron chi connectivity index (χ0n) is 13.2. The highest BCUT2D eigenvalue weighted by Gasteiger charge is 2.24. The normalized spacial score (nSPS) is 15.9. The van der Waals surface area contributed by atoms with Crippen molar-refractivity contribution in [3.05, 3.63) is 81.7 Å². The molecule has 2 aromatic heterocycles. The maximum Gasteiger partial charge on any atom is 0.146 e. The Kier molecular flexibility index (Phi) is 4.46. The van der Waals surface area contributed by atoms with E-state index in [4.69, 9.17) is 11.6 Å². The number of benzene rings is 1. The van der Waals surface area contributed by atoms with Gasteiger partial charge in [-0.3, -0.25) is 4.98 Å². The van der Waals surface area contributed by atoms with Crippen LogP contribution >= 0.6 is 27.5 Å². The largest absolute Gasteiger partial charge is 0.366 e. The summed E-state index contributed by atoms with van der Waals surface area (Å²) in [5, 5.41) is 12.1. The highest BCUT2D eigenvalue weighted by molar-refractivity contribution is 9.10. The number of fused-ring (bicyclic) bond motifs is 1.